The molecule has 3 aromatic heterocycles. The number of nitrogens with one attached hydrogen (secondary N) is 1. The third kappa shape index (κ3) is 2.38. The van der Waals surface area contributed by atoms with Crippen LogP contribution in [0.25, 0.3) is 10.2 Å². The molecule has 0 unspecified atom stereocenters. The number of hydrogen-bond acceptors (Lipinski definition) is 6. The van der Waals surface area contributed by atoms with E-state index in [2.05, 4.69) is 33.3 Å². The van der Waals surface area contributed by atoms with E-state index in [0.29, 0.717) is 5.89 Å². The molecular weight excluding hydrogens is 272 g/mol. The lowest BCUT2D eigenvalue weighted by molar-refractivity contribution is 0.453. The van der Waals surface area contributed by atoms with E-state index in [1.165, 1.54) is 4.88 Å². The molecule has 3 aromatic rings. The second-order valence-electron chi connectivity index (χ2n) is 4.68. The molecule has 3 heterocycles. The molecule has 0 fully saturated rings. The summed E-state index contributed by atoms with van der Waals surface area (Å²) in [6.45, 7) is 6.04. The van der Waals surface area contributed by atoms with Crippen molar-refractivity contribution in [3.8, 4) is 0 Å². The molecule has 3 rings (SSSR count). The van der Waals surface area contributed by atoms with Crippen LogP contribution in [0, 0.1) is 6.92 Å². The van der Waals surface area contributed by atoms with Crippen LogP contribution in [-0.4, -0.2) is 15.0 Å². The molecular formula is C14H16N4OS. The second kappa shape index (κ2) is 5.20. The van der Waals surface area contributed by atoms with Crippen LogP contribution in [0.15, 0.2) is 23.0 Å². The summed E-state index contributed by atoms with van der Waals surface area (Å²) in [5.74, 6) is 2.31. The van der Waals surface area contributed by atoms with Gasteiger partial charge < -0.3 is 9.73 Å². The minimum Gasteiger partial charge on any atom is -0.444 e. The largest absolute Gasteiger partial charge is 0.444 e. The Morgan fingerprint density at radius 1 is 1.35 bits per heavy atom. The minimum absolute atomic E-state index is 0.0354. The number of fused-ring (bicyclic) bond motifs is 1. The smallest absolute Gasteiger partial charge is 0.216 e. The normalized spacial score (nSPS) is 12.8. The van der Waals surface area contributed by atoms with Crippen molar-refractivity contribution >= 4 is 27.4 Å². The highest BCUT2D eigenvalue weighted by atomic mass is 32.1. The second-order valence-corrected chi connectivity index (χ2v) is 5.80. The zero-order valence-corrected chi connectivity index (χ0v) is 12.5. The molecule has 6 heteroatoms. The Balaban J connectivity index is 1.92. The highest BCUT2D eigenvalue weighted by molar-refractivity contribution is 7.18. The predicted molar refractivity (Wildman–Crippen MR) is 80.1 cm³/mol. The number of anilines is 1. The minimum atomic E-state index is -0.0354. The summed E-state index contributed by atoms with van der Waals surface area (Å²) in [7, 11) is 0. The molecule has 0 saturated carbocycles. The third-order valence-electron chi connectivity index (χ3n) is 3.09. The van der Waals surface area contributed by atoms with Crippen molar-refractivity contribution in [3.05, 3.63) is 35.1 Å². The van der Waals surface area contributed by atoms with E-state index >= 15 is 0 Å². The summed E-state index contributed by atoms with van der Waals surface area (Å²) >= 11 is 1.71. The average molecular weight is 288 g/mol. The first-order valence-corrected chi connectivity index (χ1v) is 7.41. The van der Waals surface area contributed by atoms with Crippen LogP contribution in [-0.2, 0) is 6.42 Å². The van der Waals surface area contributed by atoms with Gasteiger partial charge in [-0.15, -0.1) is 11.3 Å². The lowest BCUT2D eigenvalue weighted by Gasteiger charge is -2.11. The van der Waals surface area contributed by atoms with Gasteiger partial charge in [-0.05, 0) is 26.3 Å². The Kier molecular flexibility index (Phi) is 3.40. The van der Waals surface area contributed by atoms with Gasteiger partial charge in [0, 0.05) is 4.88 Å². The molecule has 0 aliphatic rings. The Labute approximate surface area is 121 Å². The quantitative estimate of drug-likeness (QED) is 0.792. The van der Waals surface area contributed by atoms with Gasteiger partial charge in [-0.1, -0.05) is 6.92 Å². The van der Waals surface area contributed by atoms with Crippen molar-refractivity contribution in [2.45, 2.75) is 33.2 Å². The van der Waals surface area contributed by atoms with Crippen molar-refractivity contribution < 1.29 is 4.42 Å². The van der Waals surface area contributed by atoms with E-state index in [4.69, 9.17) is 4.42 Å². The van der Waals surface area contributed by atoms with Crippen LogP contribution in [0.5, 0.6) is 0 Å². The number of oxazole rings is 1. The molecule has 0 amide bonds. The maximum atomic E-state index is 5.54. The lowest BCUT2D eigenvalue weighted by atomic mass is 10.3. The molecule has 0 aliphatic carbocycles. The first-order chi connectivity index (χ1) is 9.67. The van der Waals surface area contributed by atoms with Crippen molar-refractivity contribution in [1.82, 2.24) is 15.0 Å². The topological polar surface area (TPSA) is 63.8 Å². The van der Waals surface area contributed by atoms with Crippen LogP contribution >= 0.6 is 11.3 Å². The summed E-state index contributed by atoms with van der Waals surface area (Å²) in [6.07, 6.45) is 4.33. The molecule has 0 bridgehead atoms. The maximum absolute atomic E-state index is 5.54. The van der Waals surface area contributed by atoms with Crippen molar-refractivity contribution in [1.29, 1.82) is 0 Å². The third-order valence-corrected chi connectivity index (χ3v) is 4.28. The number of hydrogen-bond donors (Lipinski definition) is 1. The van der Waals surface area contributed by atoms with Crippen LogP contribution < -0.4 is 5.32 Å². The number of aryl methyl sites for hydroxylation is 2. The molecule has 0 aliphatic heterocycles. The molecule has 1 atom stereocenters. The monoisotopic (exact) mass is 288 g/mol. The van der Waals surface area contributed by atoms with Crippen molar-refractivity contribution in [2.24, 2.45) is 0 Å². The fraction of sp³-hybridized carbons (Fsp3) is 0.357. The Morgan fingerprint density at radius 2 is 2.20 bits per heavy atom. The molecule has 104 valence electrons. The summed E-state index contributed by atoms with van der Waals surface area (Å²) in [5.41, 5.74) is 0. The van der Waals surface area contributed by atoms with Crippen LogP contribution in [0.4, 0.5) is 5.82 Å². The number of nitrogens with zero attached hydrogens (tertiary/aromatic N) is 3. The van der Waals surface area contributed by atoms with Gasteiger partial charge in [0.25, 0.3) is 0 Å². The van der Waals surface area contributed by atoms with Crippen molar-refractivity contribution in [3.63, 3.8) is 0 Å². The Bertz CT molecular complexity index is 734. The van der Waals surface area contributed by atoms with Gasteiger partial charge in [0.05, 0.1) is 11.6 Å². The zero-order chi connectivity index (χ0) is 14.1. The van der Waals surface area contributed by atoms with Gasteiger partial charge in [-0.25, -0.2) is 15.0 Å². The molecule has 20 heavy (non-hydrogen) atoms. The van der Waals surface area contributed by atoms with E-state index in [-0.39, 0.29) is 6.04 Å². The van der Waals surface area contributed by atoms with Gasteiger partial charge in [-0.2, -0.15) is 0 Å². The zero-order valence-electron chi connectivity index (χ0n) is 11.7. The first-order valence-electron chi connectivity index (χ1n) is 6.59. The Hall–Kier alpha value is -1.95. The van der Waals surface area contributed by atoms with Gasteiger partial charge in [0.1, 0.15) is 28.8 Å². The molecule has 0 saturated heterocycles. The van der Waals surface area contributed by atoms with E-state index in [1.807, 2.05) is 13.8 Å². The van der Waals surface area contributed by atoms with Gasteiger partial charge in [-0.3, -0.25) is 0 Å². The van der Waals surface area contributed by atoms with Gasteiger partial charge in [0.2, 0.25) is 5.89 Å². The molecule has 0 spiro atoms. The predicted octanol–water partition coefficient (Wildman–Crippen LogP) is 3.72. The van der Waals surface area contributed by atoms with E-state index in [9.17, 15) is 0 Å². The number of aromatic nitrogens is 3. The number of rotatable bonds is 4. The highest BCUT2D eigenvalue weighted by Crippen LogP contribution is 2.30. The van der Waals surface area contributed by atoms with Gasteiger partial charge in [0.15, 0.2) is 0 Å². The van der Waals surface area contributed by atoms with E-state index in [1.54, 1.807) is 23.9 Å². The SMILES string of the molecule is CCc1cc2c(N[C@H](C)c3ncc(C)o3)ncnc2s1. The maximum Gasteiger partial charge on any atom is 0.216 e. The molecule has 1 N–H and O–H groups in total. The van der Waals surface area contributed by atoms with E-state index < -0.39 is 0 Å². The Morgan fingerprint density at radius 3 is 2.90 bits per heavy atom. The fourth-order valence-corrected chi connectivity index (χ4v) is 2.97. The highest BCUT2D eigenvalue weighted by Gasteiger charge is 2.14. The summed E-state index contributed by atoms with van der Waals surface area (Å²) in [5, 5.41) is 4.41. The van der Waals surface area contributed by atoms with Crippen molar-refractivity contribution in [2.75, 3.05) is 5.32 Å². The lowest BCUT2D eigenvalue weighted by Crippen LogP contribution is -2.08. The first kappa shape index (κ1) is 13.1. The number of thiophene rings is 1. The standard InChI is InChI=1S/C14H16N4OS/c1-4-10-5-11-12(16-7-17-14(11)20-10)18-9(3)13-15-6-8(2)19-13/h5-7,9H,4H2,1-3H3,(H,16,17,18)/t9-/m1/s1. The molecule has 5 nitrogen and oxygen atoms in total. The molecule has 0 aromatic carbocycles. The average Bonchev–Trinajstić information content (AvgIpc) is 3.05. The summed E-state index contributed by atoms with van der Waals surface area (Å²) < 4.78 is 5.54. The van der Waals surface area contributed by atoms with Crippen LogP contribution in [0.2, 0.25) is 0 Å². The fourth-order valence-electron chi connectivity index (χ4n) is 2.03. The van der Waals surface area contributed by atoms with Gasteiger partial charge >= 0.3 is 0 Å². The molecule has 0 radical (unpaired) electrons. The van der Waals surface area contributed by atoms with E-state index in [0.717, 1.165) is 28.2 Å². The summed E-state index contributed by atoms with van der Waals surface area (Å²) in [4.78, 5) is 15.2. The summed E-state index contributed by atoms with van der Waals surface area (Å²) in [6, 6.07) is 2.11. The van der Waals surface area contributed by atoms with Crippen LogP contribution in [0.3, 0.4) is 0 Å². The van der Waals surface area contributed by atoms with Crippen LogP contribution in [0.1, 0.15) is 36.4 Å².